The summed E-state index contributed by atoms with van der Waals surface area (Å²) in [6.07, 6.45) is 0. The molecule has 1 saturated heterocycles. The smallest absolute Gasteiger partial charge is 0.272 e. The Labute approximate surface area is 156 Å². The van der Waals surface area contributed by atoms with Crippen molar-refractivity contribution >= 4 is 35.0 Å². The number of aryl methyl sites for hydroxylation is 1. The topological polar surface area (TPSA) is 53.5 Å². The molecule has 2 heterocycles. The van der Waals surface area contributed by atoms with Crippen molar-refractivity contribution in [3.8, 4) is 0 Å². The highest BCUT2D eigenvalue weighted by molar-refractivity contribution is 6.35. The van der Waals surface area contributed by atoms with Crippen LogP contribution in [0, 0.1) is 6.92 Å². The number of nitrogens with zero attached hydrogens (tertiary/aromatic N) is 3. The molecule has 0 unspecified atom stereocenters. The summed E-state index contributed by atoms with van der Waals surface area (Å²) in [5.41, 5.74) is 1.69. The van der Waals surface area contributed by atoms with Crippen LogP contribution in [-0.2, 0) is 0 Å². The van der Waals surface area contributed by atoms with Crippen LogP contribution in [0.25, 0.3) is 0 Å². The number of hydrogen-bond acceptors (Lipinski definition) is 3. The number of carbonyl (C=O) groups excluding carboxylic acids is 2. The van der Waals surface area contributed by atoms with E-state index < -0.39 is 0 Å². The Hall–Kier alpha value is -2.11. The van der Waals surface area contributed by atoms with Crippen molar-refractivity contribution in [3.63, 3.8) is 0 Å². The first-order valence-electron chi connectivity index (χ1n) is 7.92. The van der Waals surface area contributed by atoms with Gasteiger partial charge in [-0.25, -0.2) is 4.98 Å². The Bertz CT molecular complexity index is 797. The molecule has 0 bridgehead atoms. The molecule has 3 rings (SSSR count). The van der Waals surface area contributed by atoms with Crippen molar-refractivity contribution in [1.29, 1.82) is 0 Å². The van der Waals surface area contributed by atoms with E-state index in [1.54, 1.807) is 34.1 Å². The number of hydrogen-bond donors (Lipinski definition) is 0. The average molecular weight is 378 g/mol. The SMILES string of the molecule is Cc1cccc(C(=O)N2CCN(C(=O)c3cc(Cl)cc(Cl)c3)CC2)n1. The minimum atomic E-state index is -0.134. The van der Waals surface area contributed by atoms with Gasteiger partial charge < -0.3 is 9.80 Å². The second-order valence-electron chi connectivity index (χ2n) is 5.91. The predicted octanol–water partition coefficient (Wildman–Crippen LogP) is 3.30. The Morgan fingerprint density at radius 3 is 2.04 bits per heavy atom. The second-order valence-corrected chi connectivity index (χ2v) is 6.78. The van der Waals surface area contributed by atoms with Crippen LogP contribution < -0.4 is 0 Å². The molecule has 0 aliphatic carbocycles. The van der Waals surface area contributed by atoms with Crippen molar-refractivity contribution in [3.05, 3.63) is 63.4 Å². The van der Waals surface area contributed by atoms with Gasteiger partial charge in [-0.3, -0.25) is 9.59 Å². The Morgan fingerprint density at radius 1 is 0.920 bits per heavy atom. The molecule has 0 atom stereocenters. The van der Waals surface area contributed by atoms with Gasteiger partial charge in [0.15, 0.2) is 0 Å². The molecular weight excluding hydrogens is 361 g/mol. The first-order chi connectivity index (χ1) is 11.9. The van der Waals surface area contributed by atoms with Gasteiger partial charge in [0.2, 0.25) is 0 Å². The highest BCUT2D eigenvalue weighted by Gasteiger charge is 2.26. The molecule has 7 heteroatoms. The van der Waals surface area contributed by atoms with Gasteiger partial charge in [-0.2, -0.15) is 0 Å². The van der Waals surface area contributed by atoms with Gasteiger partial charge in [-0.05, 0) is 37.3 Å². The summed E-state index contributed by atoms with van der Waals surface area (Å²) in [4.78, 5) is 32.8. The van der Waals surface area contributed by atoms with E-state index in [0.717, 1.165) is 5.69 Å². The molecule has 2 amide bonds. The highest BCUT2D eigenvalue weighted by Crippen LogP contribution is 2.21. The van der Waals surface area contributed by atoms with Crippen LogP contribution in [0.3, 0.4) is 0 Å². The van der Waals surface area contributed by atoms with E-state index in [1.807, 2.05) is 19.1 Å². The van der Waals surface area contributed by atoms with E-state index in [-0.39, 0.29) is 11.8 Å². The fourth-order valence-corrected chi connectivity index (χ4v) is 3.32. The van der Waals surface area contributed by atoms with Gasteiger partial charge in [0, 0.05) is 47.5 Å². The zero-order valence-electron chi connectivity index (χ0n) is 13.7. The van der Waals surface area contributed by atoms with Crippen molar-refractivity contribution in [2.45, 2.75) is 6.92 Å². The zero-order chi connectivity index (χ0) is 18.0. The number of halogens is 2. The van der Waals surface area contributed by atoms with E-state index in [4.69, 9.17) is 23.2 Å². The van der Waals surface area contributed by atoms with Crippen LogP contribution in [0.2, 0.25) is 10.0 Å². The number of aromatic nitrogens is 1. The van der Waals surface area contributed by atoms with E-state index in [2.05, 4.69) is 4.98 Å². The molecule has 25 heavy (non-hydrogen) atoms. The first kappa shape index (κ1) is 17.7. The third-order valence-corrected chi connectivity index (χ3v) is 4.51. The summed E-state index contributed by atoms with van der Waals surface area (Å²) in [5.74, 6) is -0.244. The monoisotopic (exact) mass is 377 g/mol. The summed E-state index contributed by atoms with van der Waals surface area (Å²) in [5, 5.41) is 0.852. The number of piperazine rings is 1. The number of rotatable bonds is 2. The van der Waals surface area contributed by atoms with Crippen molar-refractivity contribution in [2.24, 2.45) is 0 Å². The molecule has 1 aliphatic heterocycles. The molecule has 0 spiro atoms. The molecule has 5 nitrogen and oxygen atoms in total. The van der Waals surface area contributed by atoms with Gasteiger partial charge in [-0.1, -0.05) is 29.3 Å². The van der Waals surface area contributed by atoms with Gasteiger partial charge in [-0.15, -0.1) is 0 Å². The molecular formula is C18H17Cl2N3O2. The molecule has 0 saturated carbocycles. The number of benzene rings is 1. The van der Waals surface area contributed by atoms with Crippen LogP contribution in [0.5, 0.6) is 0 Å². The largest absolute Gasteiger partial charge is 0.335 e. The van der Waals surface area contributed by atoms with Gasteiger partial charge in [0.25, 0.3) is 11.8 Å². The van der Waals surface area contributed by atoms with E-state index in [1.165, 1.54) is 0 Å². The minimum absolute atomic E-state index is 0.110. The normalized spacial score (nSPS) is 14.5. The summed E-state index contributed by atoms with van der Waals surface area (Å²) >= 11 is 11.9. The molecule has 0 N–H and O–H groups in total. The van der Waals surface area contributed by atoms with Crippen molar-refractivity contribution in [2.75, 3.05) is 26.2 Å². The zero-order valence-corrected chi connectivity index (χ0v) is 15.2. The highest BCUT2D eigenvalue weighted by atomic mass is 35.5. The Kier molecular flexibility index (Phi) is 5.25. The molecule has 1 aliphatic rings. The summed E-state index contributed by atoms with van der Waals surface area (Å²) in [7, 11) is 0. The van der Waals surface area contributed by atoms with E-state index in [0.29, 0.717) is 47.5 Å². The summed E-state index contributed by atoms with van der Waals surface area (Å²) in [6.45, 7) is 3.70. The number of pyridine rings is 1. The lowest BCUT2D eigenvalue weighted by atomic mass is 10.1. The summed E-state index contributed by atoms with van der Waals surface area (Å²) < 4.78 is 0. The second kappa shape index (κ2) is 7.42. The van der Waals surface area contributed by atoms with Crippen molar-refractivity contribution < 1.29 is 9.59 Å². The third-order valence-electron chi connectivity index (χ3n) is 4.07. The lowest BCUT2D eigenvalue weighted by Crippen LogP contribution is -2.50. The first-order valence-corrected chi connectivity index (χ1v) is 8.68. The molecule has 2 aromatic rings. The van der Waals surface area contributed by atoms with E-state index >= 15 is 0 Å². The van der Waals surface area contributed by atoms with Crippen molar-refractivity contribution in [1.82, 2.24) is 14.8 Å². The molecule has 0 radical (unpaired) electrons. The lowest BCUT2D eigenvalue weighted by Gasteiger charge is -2.34. The molecule has 130 valence electrons. The average Bonchev–Trinajstić information content (AvgIpc) is 2.60. The predicted molar refractivity (Wildman–Crippen MR) is 97.2 cm³/mol. The standard InChI is InChI=1S/C18H17Cl2N3O2/c1-12-3-2-4-16(21-12)18(25)23-7-5-22(6-8-23)17(24)13-9-14(19)11-15(20)10-13/h2-4,9-11H,5-8H2,1H3. The van der Waals surface area contributed by atoms with Crippen LogP contribution >= 0.6 is 23.2 Å². The van der Waals surface area contributed by atoms with Gasteiger partial charge in [0.05, 0.1) is 0 Å². The number of amides is 2. The Balaban J connectivity index is 1.65. The minimum Gasteiger partial charge on any atom is -0.335 e. The van der Waals surface area contributed by atoms with Crippen LogP contribution in [0.15, 0.2) is 36.4 Å². The van der Waals surface area contributed by atoms with Crippen LogP contribution in [0.1, 0.15) is 26.5 Å². The molecule has 1 aromatic heterocycles. The fraction of sp³-hybridized carbons (Fsp3) is 0.278. The lowest BCUT2D eigenvalue weighted by molar-refractivity contribution is 0.0532. The van der Waals surface area contributed by atoms with Gasteiger partial charge in [0.1, 0.15) is 5.69 Å². The number of carbonyl (C=O) groups is 2. The third kappa shape index (κ3) is 4.11. The maximum absolute atomic E-state index is 12.6. The quantitative estimate of drug-likeness (QED) is 0.806. The molecule has 1 fully saturated rings. The van der Waals surface area contributed by atoms with Gasteiger partial charge >= 0.3 is 0 Å². The van der Waals surface area contributed by atoms with Crippen LogP contribution in [0.4, 0.5) is 0 Å². The summed E-state index contributed by atoms with van der Waals surface area (Å²) in [6, 6.07) is 10.2. The molecule has 1 aromatic carbocycles. The Morgan fingerprint density at radius 2 is 1.48 bits per heavy atom. The van der Waals surface area contributed by atoms with E-state index in [9.17, 15) is 9.59 Å². The fourth-order valence-electron chi connectivity index (χ4n) is 2.80. The van der Waals surface area contributed by atoms with Crippen LogP contribution in [-0.4, -0.2) is 52.8 Å². The maximum Gasteiger partial charge on any atom is 0.272 e. The maximum atomic E-state index is 12.6.